The summed E-state index contributed by atoms with van der Waals surface area (Å²) in [6.07, 6.45) is 1.50. The molecule has 226 valence electrons. The quantitative estimate of drug-likeness (QED) is 0.112. The lowest BCUT2D eigenvalue weighted by Crippen LogP contribution is -2.44. The molecule has 0 bridgehead atoms. The third-order valence-electron chi connectivity index (χ3n) is 6.72. The van der Waals surface area contributed by atoms with Crippen LogP contribution in [-0.4, -0.2) is 78.1 Å². The van der Waals surface area contributed by atoms with Gasteiger partial charge in [0, 0.05) is 31.5 Å². The number of H-pyrrole nitrogens is 1. The van der Waals surface area contributed by atoms with Gasteiger partial charge in [-0.1, -0.05) is 51.0 Å². The van der Waals surface area contributed by atoms with Crippen LogP contribution < -0.4 is 4.90 Å². The van der Waals surface area contributed by atoms with E-state index in [2.05, 4.69) is 15.3 Å². The molecule has 2 aromatic rings. The van der Waals surface area contributed by atoms with Crippen LogP contribution in [-0.2, 0) is 46.9 Å². The Hall–Kier alpha value is -4.09. The number of fused-ring (bicyclic) bond motifs is 1. The van der Waals surface area contributed by atoms with Crippen molar-refractivity contribution >= 4 is 45.9 Å². The summed E-state index contributed by atoms with van der Waals surface area (Å²) in [6.45, 7) is 13.3. The number of carbonyl (C=O) groups is 3. The van der Waals surface area contributed by atoms with Gasteiger partial charge in [-0.2, -0.15) is 0 Å². The number of methoxy groups -OCH3 is 1. The molecule has 0 fully saturated rings. The summed E-state index contributed by atoms with van der Waals surface area (Å²) in [6, 6.07) is 1.17. The van der Waals surface area contributed by atoms with E-state index in [1.165, 1.54) is 7.11 Å². The van der Waals surface area contributed by atoms with E-state index in [4.69, 9.17) is 14.2 Å². The Labute approximate surface area is 240 Å². The van der Waals surface area contributed by atoms with Crippen LogP contribution in [0, 0.1) is 5.92 Å². The zero-order valence-electron chi connectivity index (χ0n) is 25.3. The monoisotopic (exact) mass is 574 g/mol. The van der Waals surface area contributed by atoms with E-state index >= 15 is 0 Å². The first-order valence-electron chi connectivity index (χ1n) is 13.5. The molecule has 1 aromatic carbocycles. The number of ether oxygens (including phenoxy) is 3. The summed E-state index contributed by atoms with van der Waals surface area (Å²) >= 11 is 0. The summed E-state index contributed by atoms with van der Waals surface area (Å²) < 4.78 is 15.3. The molecule has 0 aliphatic carbocycles. The highest BCUT2D eigenvalue weighted by atomic mass is 16.5. The van der Waals surface area contributed by atoms with Crippen LogP contribution in [0.15, 0.2) is 22.6 Å². The molecule has 2 rings (SSSR count). The molecule has 1 aromatic heterocycles. The predicted molar refractivity (Wildman–Crippen MR) is 155 cm³/mol. The van der Waals surface area contributed by atoms with Gasteiger partial charge < -0.3 is 34.5 Å². The number of benzene rings is 1. The Kier molecular flexibility index (Phi) is 11.3. The van der Waals surface area contributed by atoms with E-state index in [1.807, 2.05) is 40.7 Å². The highest BCUT2D eigenvalue weighted by molar-refractivity contribution is 6.37. The van der Waals surface area contributed by atoms with Crippen molar-refractivity contribution in [1.29, 1.82) is 0 Å². The zero-order chi connectivity index (χ0) is 31.1. The average molecular weight is 575 g/mol. The maximum Gasteiger partial charge on any atom is 0.356 e. The number of nitrogens with one attached hydrogen (secondary N) is 1. The molecule has 0 saturated carbocycles. The Bertz CT molecular complexity index is 1320. The van der Waals surface area contributed by atoms with Crippen molar-refractivity contribution in [2.75, 3.05) is 32.3 Å². The van der Waals surface area contributed by atoms with E-state index in [1.54, 1.807) is 32.0 Å². The van der Waals surface area contributed by atoms with Gasteiger partial charge in [0.05, 0.1) is 31.5 Å². The standard InChI is InChI=1S/C29H42N4O8/c1-10-40-26(34)20(31-37)13-17-12-19(29(5,6)7)23-22(25(17)33(8)24(16(3)4)28(36)39-9)18(15-30-23)14-21(32-38)27(35)41-11-2/h12,15-16,24,30,37-38H,10-11,13-14H2,1-9H3/b31-20-,32-21-/t24-/m0/s1. The van der Waals surface area contributed by atoms with Crippen LogP contribution in [0.2, 0.25) is 0 Å². The van der Waals surface area contributed by atoms with Crippen LogP contribution in [0.1, 0.15) is 65.2 Å². The largest absolute Gasteiger partial charge is 0.467 e. The van der Waals surface area contributed by atoms with E-state index in [0.29, 0.717) is 22.2 Å². The van der Waals surface area contributed by atoms with Gasteiger partial charge in [-0.15, -0.1) is 0 Å². The van der Waals surface area contributed by atoms with Crippen LogP contribution in [0.4, 0.5) is 5.69 Å². The van der Waals surface area contributed by atoms with Crippen molar-refractivity contribution in [2.24, 2.45) is 16.2 Å². The molecule has 1 heterocycles. The second kappa shape index (κ2) is 14.0. The summed E-state index contributed by atoms with van der Waals surface area (Å²) in [4.78, 5) is 43.2. The van der Waals surface area contributed by atoms with Gasteiger partial charge in [-0.25, -0.2) is 14.4 Å². The lowest BCUT2D eigenvalue weighted by molar-refractivity contribution is -0.143. The van der Waals surface area contributed by atoms with Gasteiger partial charge in [0.2, 0.25) is 0 Å². The summed E-state index contributed by atoms with van der Waals surface area (Å²) in [7, 11) is 3.05. The molecule has 0 saturated heterocycles. The first-order chi connectivity index (χ1) is 19.3. The highest BCUT2D eigenvalue weighted by Gasteiger charge is 2.34. The smallest absolute Gasteiger partial charge is 0.356 e. The lowest BCUT2D eigenvalue weighted by atomic mass is 9.82. The molecule has 12 heteroatoms. The Balaban J connectivity index is 3.03. The first-order valence-corrected chi connectivity index (χ1v) is 13.5. The van der Waals surface area contributed by atoms with Crippen molar-refractivity contribution in [3.05, 3.63) is 29.0 Å². The zero-order valence-corrected chi connectivity index (χ0v) is 25.3. The van der Waals surface area contributed by atoms with Gasteiger partial charge in [-0.3, -0.25) is 0 Å². The molecule has 0 radical (unpaired) electrons. The molecule has 0 aliphatic rings. The number of hydrogen-bond acceptors (Lipinski definition) is 11. The summed E-state index contributed by atoms with van der Waals surface area (Å²) in [5, 5.41) is 26.5. The number of likely N-dealkylation sites (N-methyl/N-ethyl adjacent to an activating group) is 1. The highest BCUT2D eigenvalue weighted by Crippen LogP contribution is 2.41. The molecule has 0 aliphatic heterocycles. The molecule has 0 amide bonds. The number of aromatic nitrogens is 1. The minimum Gasteiger partial charge on any atom is -0.467 e. The summed E-state index contributed by atoms with van der Waals surface area (Å²) in [5.41, 5.74) is 2.46. The molecule has 12 nitrogen and oxygen atoms in total. The van der Waals surface area contributed by atoms with Gasteiger partial charge in [-0.05, 0) is 41.9 Å². The van der Waals surface area contributed by atoms with Crippen LogP contribution in [0.25, 0.3) is 10.9 Å². The SMILES string of the molecule is CCOC(=O)/C(Cc1cc(C(C)(C)C)c2[nH]cc(C/C(=N/O)C(=O)OCC)c2c1N(C)[C@H](C(=O)OC)C(C)C)=N\O. The van der Waals surface area contributed by atoms with Crippen molar-refractivity contribution in [1.82, 2.24) is 4.98 Å². The maximum absolute atomic E-state index is 13.0. The Morgan fingerprint density at radius 1 is 0.976 bits per heavy atom. The van der Waals surface area contributed by atoms with E-state index in [-0.39, 0.29) is 43.4 Å². The molecule has 0 unspecified atom stereocenters. The third kappa shape index (κ3) is 7.36. The number of aromatic amines is 1. The van der Waals surface area contributed by atoms with Crippen molar-refractivity contribution in [3.63, 3.8) is 0 Å². The molecular formula is C29H42N4O8. The van der Waals surface area contributed by atoms with Gasteiger partial charge >= 0.3 is 17.9 Å². The third-order valence-corrected chi connectivity index (χ3v) is 6.72. The number of esters is 3. The topological polar surface area (TPSA) is 163 Å². The fourth-order valence-electron chi connectivity index (χ4n) is 4.91. The number of hydrogen-bond donors (Lipinski definition) is 3. The minimum atomic E-state index is -0.777. The maximum atomic E-state index is 13.0. The van der Waals surface area contributed by atoms with Crippen LogP contribution in [0.5, 0.6) is 0 Å². The number of nitrogens with zero attached hydrogens (tertiary/aromatic N) is 3. The lowest BCUT2D eigenvalue weighted by Gasteiger charge is -2.34. The number of carbonyl (C=O) groups excluding carboxylic acids is 3. The van der Waals surface area contributed by atoms with Crippen molar-refractivity contribution in [3.8, 4) is 0 Å². The number of anilines is 1. The van der Waals surface area contributed by atoms with E-state index in [0.717, 1.165) is 11.1 Å². The van der Waals surface area contributed by atoms with Gasteiger partial charge in [0.15, 0.2) is 11.4 Å². The number of oxime groups is 2. The second-order valence-electron chi connectivity index (χ2n) is 11.0. The normalized spacial score (nSPS) is 13.3. The average Bonchev–Trinajstić information content (AvgIpc) is 3.31. The van der Waals surface area contributed by atoms with Gasteiger partial charge in [0.25, 0.3) is 0 Å². The van der Waals surface area contributed by atoms with Crippen molar-refractivity contribution in [2.45, 2.75) is 72.8 Å². The second-order valence-corrected chi connectivity index (χ2v) is 11.0. The molecular weight excluding hydrogens is 532 g/mol. The van der Waals surface area contributed by atoms with Gasteiger partial charge in [0.1, 0.15) is 6.04 Å². The van der Waals surface area contributed by atoms with E-state index in [9.17, 15) is 24.8 Å². The van der Waals surface area contributed by atoms with E-state index < -0.39 is 29.4 Å². The summed E-state index contributed by atoms with van der Waals surface area (Å²) in [5.74, 6) is -2.20. The Morgan fingerprint density at radius 3 is 1.90 bits per heavy atom. The first kappa shape index (κ1) is 33.1. The predicted octanol–water partition coefficient (Wildman–Crippen LogP) is 3.97. The molecule has 0 spiro atoms. The Morgan fingerprint density at radius 2 is 1.49 bits per heavy atom. The van der Waals surface area contributed by atoms with Crippen LogP contribution >= 0.6 is 0 Å². The molecule has 1 atom stereocenters. The molecule has 3 N–H and O–H groups in total. The minimum absolute atomic E-state index is 0.0907. The fraction of sp³-hybridized carbons (Fsp3) is 0.552. The number of rotatable bonds is 12. The van der Waals surface area contributed by atoms with Crippen molar-refractivity contribution < 1.29 is 39.0 Å². The fourth-order valence-corrected chi connectivity index (χ4v) is 4.91. The van der Waals surface area contributed by atoms with Crippen LogP contribution in [0.3, 0.4) is 0 Å². The molecule has 41 heavy (non-hydrogen) atoms.